The lowest BCUT2D eigenvalue weighted by Crippen LogP contribution is -2.38. The molecule has 1 saturated heterocycles. The maximum absolute atomic E-state index is 14.1. The Bertz CT molecular complexity index is 987. The first-order valence-electron chi connectivity index (χ1n) is 8.94. The zero-order chi connectivity index (χ0) is 19.2. The Morgan fingerprint density at radius 1 is 1.04 bits per heavy atom. The molecule has 1 fully saturated rings. The molecule has 0 atom stereocenters. The minimum Gasteiger partial charge on any atom is -0.379 e. The fourth-order valence-electron chi connectivity index (χ4n) is 3.80. The van der Waals surface area contributed by atoms with Gasteiger partial charge in [-0.1, -0.05) is 12.1 Å². The van der Waals surface area contributed by atoms with E-state index < -0.39 is 17.6 Å². The average molecular weight is 380 g/mol. The predicted octanol–water partition coefficient (Wildman–Crippen LogP) is 4.59. The number of halogens is 4. The molecular formula is C20H20F4N2O. The lowest BCUT2D eigenvalue weighted by Gasteiger charge is -2.27. The number of morpholine rings is 1. The molecule has 1 aliphatic rings. The fourth-order valence-corrected chi connectivity index (χ4v) is 3.80. The molecule has 2 heterocycles. The molecule has 144 valence electrons. The molecule has 7 heteroatoms. The largest absolute Gasteiger partial charge is 0.418 e. The second-order valence-electron chi connectivity index (χ2n) is 6.92. The molecule has 4 rings (SSSR count). The number of hydrogen-bond acceptors (Lipinski definition) is 2. The molecule has 0 saturated carbocycles. The van der Waals surface area contributed by atoms with Crippen LogP contribution in [0.25, 0.3) is 21.8 Å². The number of rotatable bonds is 3. The minimum absolute atomic E-state index is 0.123. The van der Waals surface area contributed by atoms with Gasteiger partial charge in [0.2, 0.25) is 0 Å². The maximum Gasteiger partial charge on any atom is 0.418 e. The molecule has 0 aliphatic carbocycles. The van der Waals surface area contributed by atoms with Crippen molar-refractivity contribution in [2.75, 3.05) is 32.8 Å². The average Bonchev–Trinajstić information content (AvgIpc) is 2.93. The SMILES string of the molecule is Cc1cc2c(cc1F)c1cccc(C(F)(F)F)c1n2CCN1CCOCC1. The van der Waals surface area contributed by atoms with Crippen LogP contribution in [0.15, 0.2) is 30.3 Å². The monoisotopic (exact) mass is 380 g/mol. The summed E-state index contributed by atoms with van der Waals surface area (Å²) in [6, 6.07) is 7.10. The highest BCUT2D eigenvalue weighted by Gasteiger charge is 2.34. The van der Waals surface area contributed by atoms with Crippen molar-refractivity contribution < 1.29 is 22.3 Å². The topological polar surface area (TPSA) is 17.4 Å². The van der Waals surface area contributed by atoms with Gasteiger partial charge in [-0.25, -0.2) is 4.39 Å². The Labute approximate surface area is 154 Å². The summed E-state index contributed by atoms with van der Waals surface area (Å²) in [4.78, 5) is 2.17. The fraction of sp³-hybridized carbons (Fsp3) is 0.400. The van der Waals surface area contributed by atoms with Crippen LogP contribution >= 0.6 is 0 Å². The molecule has 27 heavy (non-hydrogen) atoms. The van der Waals surface area contributed by atoms with Crippen LogP contribution in [-0.4, -0.2) is 42.3 Å². The van der Waals surface area contributed by atoms with Crippen molar-refractivity contribution in [3.05, 3.63) is 47.3 Å². The second kappa shape index (κ2) is 6.80. The number of fused-ring (bicyclic) bond motifs is 3. The number of aromatic nitrogens is 1. The van der Waals surface area contributed by atoms with E-state index in [0.29, 0.717) is 48.2 Å². The van der Waals surface area contributed by atoms with Gasteiger partial charge in [-0.3, -0.25) is 4.90 Å². The van der Waals surface area contributed by atoms with Crippen LogP contribution in [-0.2, 0) is 17.5 Å². The van der Waals surface area contributed by atoms with Crippen LogP contribution in [0.2, 0.25) is 0 Å². The van der Waals surface area contributed by atoms with E-state index in [-0.39, 0.29) is 5.52 Å². The first kappa shape index (κ1) is 18.3. The molecule has 3 aromatic rings. The number of ether oxygens (including phenoxy) is 1. The lowest BCUT2D eigenvalue weighted by atomic mass is 10.1. The van der Waals surface area contributed by atoms with Gasteiger partial charge in [-0.05, 0) is 30.7 Å². The molecule has 0 unspecified atom stereocenters. The van der Waals surface area contributed by atoms with Crippen molar-refractivity contribution >= 4 is 21.8 Å². The quantitative estimate of drug-likeness (QED) is 0.619. The van der Waals surface area contributed by atoms with E-state index in [1.54, 1.807) is 23.6 Å². The molecule has 0 amide bonds. The highest BCUT2D eigenvalue weighted by atomic mass is 19.4. The van der Waals surface area contributed by atoms with Crippen LogP contribution in [0.4, 0.5) is 17.6 Å². The van der Waals surface area contributed by atoms with Gasteiger partial charge < -0.3 is 9.30 Å². The molecular weight excluding hydrogens is 360 g/mol. The number of benzene rings is 2. The number of alkyl halides is 3. The minimum atomic E-state index is -4.47. The number of nitrogens with zero attached hydrogens (tertiary/aromatic N) is 2. The highest BCUT2D eigenvalue weighted by Crippen LogP contribution is 2.39. The van der Waals surface area contributed by atoms with Gasteiger partial charge in [0.1, 0.15) is 5.82 Å². The van der Waals surface area contributed by atoms with Crippen LogP contribution in [0.5, 0.6) is 0 Å². The predicted molar refractivity (Wildman–Crippen MR) is 96.4 cm³/mol. The number of hydrogen-bond donors (Lipinski definition) is 0. The van der Waals surface area contributed by atoms with Gasteiger partial charge in [0.15, 0.2) is 0 Å². The zero-order valence-electron chi connectivity index (χ0n) is 14.9. The molecule has 0 spiro atoms. The number of para-hydroxylation sites is 1. The molecule has 1 aromatic heterocycles. The van der Waals surface area contributed by atoms with Crippen molar-refractivity contribution in [2.45, 2.75) is 19.6 Å². The first-order valence-corrected chi connectivity index (χ1v) is 8.94. The Hall–Kier alpha value is -2.12. The van der Waals surface area contributed by atoms with Crippen molar-refractivity contribution in [3.63, 3.8) is 0 Å². The van der Waals surface area contributed by atoms with E-state index in [9.17, 15) is 17.6 Å². The van der Waals surface area contributed by atoms with E-state index in [0.717, 1.165) is 19.2 Å². The number of aryl methyl sites for hydroxylation is 1. The van der Waals surface area contributed by atoms with Crippen molar-refractivity contribution in [3.8, 4) is 0 Å². The van der Waals surface area contributed by atoms with E-state index >= 15 is 0 Å². The van der Waals surface area contributed by atoms with Gasteiger partial charge in [-0.15, -0.1) is 0 Å². The molecule has 0 bridgehead atoms. The molecule has 2 aromatic carbocycles. The summed E-state index contributed by atoms with van der Waals surface area (Å²) in [6.45, 7) is 5.43. The van der Waals surface area contributed by atoms with Gasteiger partial charge in [0, 0.05) is 42.5 Å². The van der Waals surface area contributed by atoms with Gasteiger partial charge in [-0.2, -0.15) is 13.2 Å². The summed E-state index contributed by atoms with van der Waals surface area (Å²) < 4.78 is 62.2. The van der Waals surface area contributed by atoms with Crippen molar-refractivity contribution in [2.24, 2.45) is 0 Å². The first-order chi connectivity index (χ1) is 12.9. The Kier molecular flexibility index (Phi) is 4.60. The van der Waals surface area contributed by atoms with Gasteiger partial charge >= 0.3 is 6.18 Å². The summed E-state index contributed by atoms with van der Waals surface area (Å²) in [5.41, 5.74) is 0.495. The van der Waals surface area contributed by atoms with Crippen LogP contribution in [0.3, 0.4) is 0 Å². The highest BCUT2D eigenvalue weighted by molar-refractivity contribution is 6.09. The normalized spacial score (nSPS) is 16.5. The summed E-state index contributed by atoms with van der Waals surface area (Å²) in [5.74, 6) is -0.410. The molecule has 1 aliphatic heterocycles. The molecule has 0 N–H and O–H groups in total. The summed E-state index contributed by atoms with van der Waals surface area (Å²) >= 11 is 0. The molecule has 0 radical (unpaired) electrons. The maximum atomic E-state index is 14.1. The molecule has 3 nitrogen and oxygen atoms in total. The van der Waals surface area contributed by atoms with E-state index in [1.807, 2.05) is 0 Å². The van der Waals surface area contributed by atoms with Crippen LogP contribution in [0, 0.1) is 12.7 Å². The van der Waals surface area contributed by atoms with Gasteiger partial charge in [0.05, 0.1) is 24.3 Å². The van der Waals surface area contributed by atoms with Crippen molar-refractivity contribution in [1.29, 1.82) is 0 Å². The lowest BCUT2D eigenvalue weighted by molar-refractivity contribution is -0.136. The van der Waals surface area contributed by atoms with Gasteiger partial charge in [0.25, 0.3) is 0 Å². The summed E-state index contributed by atoms with van der Waals surface area (Å²) in [7, 11) is 0. The Morgan fingerprint density at radius 3 is 2.48 bits per heavy atom. The Morgan fingerprint density at radius 2 is 1.78 bits per heavy atom. The Balaban J connectivity index is 1.90. The van der Waals surface area contributed by atoms with Crippen LogP contribution in [0.1, 0.15) is 11.1 Å². The third kappa shape index (κ3) is 3.30. The van der Waals surface area contributed by atoms with E-state index in [2.05, 4.69) is 4.90 Å². The van der Waals surface area contributed by atoms with Crippen molar-refractivity contribution in [1.82, 2.24) is 9.47 Å². The zero-order valence-corrected chi connectivity index (χ0v) is 14.9. The smallest absolute Gasteiger partial charge is 0.379 e. The van der Waals surface area contributed by atoms with E-state index in [1.165, 1.54) is 12.1 Å². The third-order valence-electron chi connectivity index (χ3n) is 5.21. The second-order valence-corrected chi connectivity index (χ2v) is 6.92. The summed E-state index contributed by atoms with van der Waals surface area (Å²) in [6.07, 6.45) is -4.47. The summed E-state index contributed by atoms with van der Waals surface area (Å²) in [5, 5.41) is 0.946. The standard InChI is InChI=1S/C20H20F4N2O/c1-13-11-18-15(12-17(13)21)14-3-2-4-16(20(22,23)24)19(14)26(18)6-5-25-7-9-27-10-8-25/h2-4,11-12H,5-10H2,1H3. The van der Waals surface area contributed by atoms with Crippen LogP contribution < -0.4 is 0 Å². The van der Waals surface area contributed by atoms with E-state index in [4.69, 9.17) is 4.74 Å². The third-order valence-corrected chi connectivity index (χ3v) is 5.21.